The van der Waals surface area contributed by atoms with E-state index in [2.05, 4.69) is 5.32 Å². The SMILES string of the molecule is OC1(Cc2cccc(F)c2)CCNCC1. The molecule has 3 heteroatoms. The van der Waals surface area contributed by atoms with Gasteiger partial charge in [-0.3, -0.25) is 0 Å². The number of benzene rings is 1. The van der Waals surface area contributed by atoms with Crippen LogP contribution in [0.15, 0.2) is 24.3 Å². The van der Waals surface area contributed by atoms with Gasteiger partial charge < -0.3 is 10.4 Å². The lowest BCUT2D eigenvalue weighted by atomic mass is 9.86. The number of nitrogens with one attached hydrogen (secondary N) is 1. The van der Waals surface area contributed by atoms with Gasteiger partial charge in [0.25, 0.3) is 0 Å². The number of rotatable bonds is 2. The van der Waals surface area contributed by atoms with E-state index >= 15 is 0 Å². The van der Waals surface area contributed by atoms with Crippen LogP contribution in [0.5, 0.6) is 0 Å². The van der Waals surface area contributed by atoms with Crippen molar-refractivity contribution >= 4 is 0 Å². The van der Waals surface area contributed by atoms with Gasteiger partial charge in [-0.2, -0.15) is 0 Å². The van der Waals surface area contributed by atoms with E-state index in [1.54, 1.807) is 6.07 Å². The van der Waals surface area contributed by atoms with Crippen LogP contribution >= 0.6 is 0 Å². The van der Waals surface area contributed by atoms with Gasteiger partial charge in [0, 0.05) is 6.42 Å². The fourth-order valence-electron chi connectivity index (χ4n) is 2.10. The zero-order valence-electron chi connectivity index (χ0n) is 8.67. The summed E-state index contributed by atoms with van der Waals surface area (Å²) in [6, 6.07) is 6.48. The Kier molecular flexibility index (Phi) is 3.03. The summed E-state index contributed by atoms with van der Waals surface area (Å²) in [5, 5.41) is 13.5. The van der Waals surface area contributed by atoms with Gasteiger partial charge >= 0.3 is 0 Å². The zero-order chi connectivity index (χ0) is 10.7. The van der Waals surface area contributed by atoms with E-state index in [0.29, 0.717) is 6.42 Å². The van der Waals surface area contributed by atoms with Crippen molar-refractivity contribution in [2.45, 2.75) is 24.9 Å². The van der Waals surface area contributed by atoms with Crippen molar-refractivity contribution in [1.82, 2.24) is 5.32 Å². The molecule has 0 amide bonds. The highest BCUT2D eigenvalue weighted by Gasteiger charge is 2.29. The first kappa shape index (κ1) is 10.6. The lowest BCUT2D eigenvalue weighted by molar-refractivity contribution is 0.0108. The minimum Gasteiger partial charge on any atom is -0.389 e. The van der Waals surface area contributed by atoms with Crippen LogP contribution in [0, 0.1) is 5.82 Å². The van der Waals surface area contributed by atoms with Crippen LogP contribution in [0.1, 0.15) is 18.4 Å². The fourth-order valence-corrected chi connectivity index (χ4v) is 2.10. The van der Waals surface area contributed by atoms with Crippen LogP contribution in [0.2, 0.25) is 0 Å². The molecule has 0 aliphatic carbocycles. The van der Waals surface area contributed by atoms with Crippen LogP contribution < -0.4 is 5.32 Å². The molecule has 1 heterocycles. The third-order valence-electron chi connectivity index (χ3n) is 2.96. The molecule has 1 aromatic rings. The molecular formula is C12H16FNO. The van der Waals surface area contributed by atoms with Crippen LogP contribution in [-0.4, -0.2) is 23.8 Å². The van der Waals surface area contributed by atoms with E-state index in [9.17, 15) is 9.50 Å². The Hall–Kier alpha value is -0.930. The molecule has 82 valence electrons. The minimum absolute atomic E-state index is 0.231. The predicted molar refractivity (Wildman–Crippen MR) is 57.2 cm³/mol. The molecule has 2 N–H and O–H groups in total. The molecule has 1 fully saturated rings. The van der Waals surface area contributed by atoms with Crippen molar-refractivity contribution in [3.05, 3.63) is 35.6 Å². The molecule has 2 nitrogen and oxygen atoms in total. The smallest absolute Gasteiger partial charge is 0.123 e. The number of halogens is 1. The Morgan fingerprint density at radius 3 is 2.73 bits per heavy atom. The average molecular weight is 209 g/mol. The van der Waals surface area contributed by atoms with Crippen molar-refractivity contribution in [3.63, 3.8) is 0 Å². The quantitative estimate of drug-likeness (QED) is 0.773. The van der Waals surface area contributed by atoms with Gasteiger partial charge in [-0.25, -0.2) is 4.39 Å². The van der Waals surface area contributed by atoms with Gasteiger partial charge in [0.05, 0.1) is 5.60 Å². The maximum Gasteiger partial charge on any atom is 0.123 e. The molecule has 0 spiro atoms. The normalized spacial score (nSPS) is 20.1. The van der Waals surface area contributed by atoms with Gasteiger partial charge in [-0.15, -0.1) is 0 Å². The lowest BCUT2D eigenvalue weighted by Crippen LogP contribution is -2.43. The summed E-state index contributed by atoms with van der Waals surface area (Å²) in [6.45, 7) is 1.68. The second kappa shape index (κ2) is 4.29. The summed E-state index contributed by atoms with van der Waals surface area (Å²) in [5.41, 5.74) is 0.221. The molecule has 1 saturated heterocycles. The third-order valence-corrected chi connectivity index (χ3v) is 2.96. The molecule has 0 atom stereocenters. The second-order valence-electron chi connectivity index (χ2n) is 4.28. The second-order valence-corrected chi connectivity index (χ2v) is 4.28. The molecule has 0 unspecified atom stereocenters. The zero-order valence-corrected chi connectivity index (χ0v) is 8.67. The molecule has 1 aromatic carbocycles. The third kappa shape index (κ3) is 2.76. The van der Waals surface area contributed by atoms with Crippen molar-refractivity contribution in [2.24, 2.45) is 0 Å². The first-order chi connectivity index (χ1) is 7.18. The topological polar surface area (TPSA) is 32.3 Å². The Balaban J connectivity index is 2.06. The van der Waals surface area contributed by atoms with Crippen LogP contribution in [0.25, 0.3) is 0 Å². The van der Waals surface area contributed by atoms with Crippen molar-refractivity contribution < 1.29 is 9.50 Å². The summed E-state index contributed by atoms with van der Waals surface area (Å²) in [4.78, 5) is 0. The number of piperidine rings is 1. The molecule has 0 aromatic heterocycles. The van der Waals surface area contributed by atoms with Crippen LogP contribution in [0.3, 0.4) is 0 Å². The highest BCUT2D eigenvalue weighted by atomic mass is 19.1. The highest BCUT2D eigenvalue weighted by Crippen LogP contribution is 2.23. The Morgan fingerprint density at radius 2 is 2.07 bits per heavy atom. The maximum absolute atomic E-state index is 13.0. The Morgan fingerprint density at radius 1 is 1.33 bits per heavy atom. The van der Waals surface area contributed by atoms with E-state index in [1.807, 2.05) is 6.07 Å². The lowest BCUT2D eigenvalue weighted by Gasteiger charge is -2.32. The summed E-state index contributed by atoms with van der Waals surface area (Å²) in [6.07, 6.45) is 2.03. The molecule has 0 radical (unpaired) electrons. The van der Waals surface area contributed by atoms with Crippen LogP contribution in [-0.2, 0) is 6.42 Å². The van der Waals surface area contributed by atoms with Gasteiger partial charge in [0.15, 0.2) is 0 Å². The molecular weight excluding hydrogens is 193 g/mol. The van der Waals surface area contributed by atoms with E-state index in [-0.39, 0.29) is 5.82 Å². The summed E-state index contributed by atoms with van der Waals surface area (Å²) < 4.78 is 13.0. The molecule has 2 rings (SSSR count). The number of hydrogen-bond donors (Lipinski definition) is 2. The average Bonchev–Trinajstić information content (AvgIpc) is 2.18. The largest absolute Gasteiger partial charge is 0.389 e. The van der Waals surface area contributed by atoms with Crippen LogP contribution in [0.4, 0.5) is 4.39 Å². The molecule has 0 saturated carbocycles. The molecule has 1 aliphatic heterocycles. The van der Waals surface area contributed by atoms with E-state index in [4.69, 9.17) is 0 Å². The van der Waals surface area contributed by atoms with Gasteiger partial charge in [-0.05, 0) is 43.6 Å². The predicted octanol–water partition coefficient (Wildman–Crippen LogP) is 1.48. The van der Waals surface area contributed by atoms with Gasteiger partial charge in [0.1, 0.15) is 5.82 Å². The fraction of sp³-hybridized carbons (Fsp3) is 0.500. The molecule has 1 aliphatic rings. The summed E-state index contributed by atoms with van der Waals surface area (Å²) in [7, 11) is 0. The Labute approximate surface area is 89.1 Å². The Bertz CT molecular complexity index is 334. The van der Waals surface area contributed by atoms with Crippen molar-refractivity contribution in [1.29, 1.82) is 0 Å². The number of hydrogen-bond acceptors (Lipinski definition) is 2. The summed E-state index contributed by atoms with van der Waals surface area (Å²) in [5.74, 6) is -0.231. The first-order valence-electron chi connectivity index (χ1n) is 5.36. The summed E-state index contributed by atoms with van der Waals surface area (Å²) >= 11 is 0. The first-order valence-corrected chi connectivity index (χ1v) is 5.36. The van der Waals surface area contributed by atoms with Gasteiger partial charge in [0.2, 0.25) is 0 Å². The maximum atomic E-state index is 13.0. The number of aliphatic hydroxyl groups is 1. The highest BCUT2D eigenvalue weighted by molar-refractivity contribution is 5.18. The standard InChI is InChI=1S/C12H16FNO/c13-11-3-1-2-10(8-11)9-12(15)4-6-14-7-5-12/h1-3,8,14-15H,4-7,9H2. The van der Waals surface area contributed by atoms with Gasteiger partial charge in [-0.1, -0.05) is 12.1 Å². The minimum atomic E-state index is -0.654. The monoisotopic (exact) mass is 209 g/mol. The molecule has 0 bridgehead atoms. The van der Waals surface area contributed by atoms with Crippen molar-refractivity contribution in [2.75, 3.05) is 13.1 Å². The van der Waals surface area contributed by atoms with E-state index < -0.39 is 5.60 Å². The van der Waals surface area contributed by atoms with E-state index in [0.717, 1.165) is 31.5 Å². The van der Waals surface area contributed by atoms with Crippen molar-refractivity contribution in [3.8, 4) is 0 Å². The molecule has 15 heavy (non-hydrogen) atoms. The van der Waals surface area contributed by atoms with E-state index in [1.165, 1.54) is 12.1 Å².